The Hall–Kier alpha value is -2.22. The highest BCUT2D eigenvalue weighted by atomic mass is 16.1. The van der Waals surface area contributed by atoms with E-state index in [0.717, 1.165) is 25.9 Å². The SMILES string of the molecule is NC1CCN(c2n[nH]c(-c3ccc(=O)[nH]n3)n2)CC1. The molecule has 1 fully saturated rings. The Morgan fingerprint density at radius 1 is 1.21 bits per heavy atom. The minimum absolute atomic E-state index is 0.242. The normalized spacial score (nSPS) is 16.8. The lowest BCUT2D eigenvalue weighted by molar-refractivity contribution is 0.496. The van der Waals surface area contributed by atoms with Crippen molar-refractivity contribution < 1.29 is 0 Å². The molecule has 3 heterocycles. The second-order valence-corrected chi connectivity index (χ2v) is 4.61. The number of nitrogens with two attached hydrogens (primary N) is 1. The summed E-state index contributed by atoms with van der Waals surface area (Å²) in [5.74, 6) is 1.19. The molecule has 0 radical (unpaired) electrons. The standard InChI is InChI=1S/C11H15N7O/c12-7-3-5-18(6-4-7)11-13-10(16-17-11)8-1-2-9(19)15-14-8/h1-2,7H,3-6,12H2,(H,15,19)(H,13,16,17). The highest BCUT2D eigenvalue weighted by Gasteiger charge is 2.19. The molecule has 8 heteroatoms. The molecular formula is C11H15N7O. The predicted molar refractivity (Wildman–Crippen MR) is 69.7 cm³/mol. The highest BCUT2D eigenvalue weighted by Crippen LogP contribution is 2.17. The molecule has 0 saturated carbocycles. The van der Waals surface area contributed by atoms with Crippen LogP contribution in [0.1, 0.15) is 12.8 Å². The number of hydrogen-bond donors (Lipinski definition) is 3. The van der Waals surface area contributed by atoms with Crippen molar-refractivity contribution in [1.82, 2.24) is 25.4 Å². The van der Waals surface area contributed by atoms with E-state index in [1.165, 1.54) is 6.07 Å². The van der Waals surface area contributed by atoms with Crippen LogP contribution in [0.4, 0.5) is 5.95 Å². The van der Waals surface area contributed by atoms with Crippen LogP contribution in [0.3, 0.4) is 0 Å². The molecule has 0 aliphatic carbocycles. The van der Waals surface area contributed by atoms with Crippen LogP contribution in [0.2, 0.25) is 0 Å². The van der Waals surface area contributed by atoms with Gasteiger partial charge in [0.15, 0.2) is 5.82 Å². The maximum atomic E-state index is 11.0. The van der Waals surface area contributed by atoms with Gasteiger partial charge in [0.2, 0.25) is 5.95 Å². The van der Waals surface area contributed by atoms with Crippen LogP contribution in [0.15, 0.2) is 16.9 Å². The maximum Gasteiger partial charge on any atom is 0.264 e. The van der Waals surface area contributed by atoms with Crippen LogP contribution in [0.25, 0.3) is 11.5 Å². The summed E-state index contributed by atoms with van der Waals surface area (Å²) in [4.78, 5) is 17.4. The monoisotopic (exact) mass is 261 g/mol. The summed E-state index contributed by atoms with van der Waals surface area (Å²) in [7, 11) is 0. The van der Waals surface area contributed by atoms with E-state index in [1.807, 2.05) is 0 Å². The number of aromatic nitrogens is 5. The molecule has 2 aromatic heterocycles. The summed E-state index contributed by atoms with van der Waals surface area (Å²) in [6, 6.07) is 3.29. The molecule has 4 N–H and O–H groups in total. The molecule has 1 saturated heterocycles. The van der Waals surface area contributed by atoms with Gasteiger partial charge in [-0.1, -0.05) is 0 Å². The van der Waals surface area contributed by atoms with E-state index < -0.39 is 0 Å². The third-order valence-electron chi connectivity index (χ3n) is 3.22. The van der Waals surface area contributed by atoms with Gasteiger partial charge >= 0.3 is 0 Å². The summed E-state index contributed by atoms with van der Waals surface area (Å²) in [5, 5.41) is 13.3. The molecule has 1 aliphatic rings. The largest absolute Gasteiger partial charge is 0.339 e. The van der Waals surface area contributed by atoms with E-state index in [2.05, 4.69) is 30.3 Å². The Morgan fingerprint density at radius 3 is 2.68 bits per heavy atom. The third-order valence-corrected chi connectivity index (χ3v) is 3.22. The number of aromatic amines is 2. The second-order valence-electron chi connectivity index (χ2n) is 4.61. The highest BCUT2D eigenvalue weighted by molar-refractivity contribution is 5.50. The molecule has 8 nitrogen and oxygen atoms in total. The van der Waals surface area contributed by atoms with Gasteiger partial charge in [-0.15, -0.1) is 5.10 Å². The van der Waals surface area contributed by atoms with Crippen LogP contribution in [-0.2, 0) is 0 Å². The summed E-state index contributed by atoms with van der Waals surface area (Å²) in [6.07, 6.45) is 1.89. The molecule has 0 spiro atoms. The van der Waals surface area contributed by atoms with Crippen LogP contribution in [0, 0.1) is 0 Å². The van der Waals surface area contributed by atoms with Gasteiger partial charge in [0.25, 0.3) is 5.56 Å². The van der Waals surface area contributed by atoms with Crippen molar-refractivity contribution in [1.29, 1.82) is 0 Å². The average Bonchev–Trinajstić information content (AvgIpc) is 2.90. The minimum atomic E-state index is -0.242. The first-order valence-corrected chi connectivity index (χ1v) is 6.21. The van der Waals surface area contributed by atoms with Crippen LogP contribution in [0.5, 0.6) is 0 Å². The topological polar surface area (TPSA) is 117 Å². The fraction of sp³-hybridized carbons (Fsp3) is 0.455. The van der Waals surface area contributed by atoms with Crippen molar-refractivity contribution in [3.8, 4) is 11.5 Å². The molecule has 0 aromatic carbocycles. The van der Waals surface area contributed by atoms with Gasteiger partial charge in [-0.3, -0.25) is 9.89 Å². The van der Waals surface area contributed by atoms with Crippen LogP contribution in [-0.4, -0.2) is 44.5 Å². The fourth-order valence-electron chi connectivity index (χ4n) is 2.08. The summed E-state index contributed by atoms with van der Waals surface area (Å²) < 4.78 is 0. The van der Waals surface area contributed by atoms with E-state index in [0.29, 0.717) is 17.5 Å². The van der Waals surface area contributed by atoms with Gasteiger partial charge < -0.3 is 10.6 Å². The Morgan fingerprint density at radius 2 is 2.00 bits per heavy atom. The molecule has 1 aliphatic heterocycles. The van der Waals surface area contributed by atoms with Crippen molar-refractivity contribution in [3.63, 3.8) is 0 Å². The summed E-state index contributed by atoms with van der Waals surface area (Å²) in [6.45, 7) is 1.72. The Labute approximate surface area is 109 Å². The van der Waals surface area contributed by atoms with Crippen molar-refractivity contribution in [3.05, 3.63) is 22.5 Å². The zero-order chi connectivity index (χ0) is 13.2. The number of H-pyrrole nitrogens is 2. The van der Waals surface area contributed by atoms with Gasteiger partial charge in [0.05, 0.1) is 0 Å². The van der Waals surface area contributed by atoms with Crippen molar-refractivity contribution >= 4 is 5.95 Å². The molecular weight excluding hydrogens is 246 g/mol. The third kappa shape index (κ3) is 2.48. The quantitative estimate of drug-likeness (QED) is 0.670. The summed E-state index contributed by atoms with van der Waals surface area (Å²) in [5.41, 5.74) is 6.19. The molecule has 0 unspecified atom stereocenters. The number of hydrogen-bond acceptors (Lipinski definition) is 6. The molecule has 0 amide bonds. The lowest BCUT2D eigenvalue weighted by atomic mass is 10.1. The average molecular weight is 261 g/mol. The Kier molecular flexibility index (Phi) is 3.00. The van der Waals surface area contributed by atoms with E-state index in [9.17, 15) is 4.79 Å². The van der Waals surface area contributed by atoms with Crippen molar-refractivity contribution in [2.45, 2.75) is 18.9 Å². The fourth-order valence-corrected chi connectivity index (χ4v) is 2.08. The molecule has 100 valence electrons. The first-order chi connectivity index (χ1) is 9.22. The maximum absolute atomic E-state index is 11.0. The molecule has 0 bridgehead atoms. The molecule has 2 aromatic rings. The predicted octanol–water partition coefficient (Wildman–Crippen LogP) is -0.518. The van der Waals surface area contributed by atoms with Gasteiger partial charge in [-0.05, 0) is 18.9 Å². The number of piperidine rings is 1. The van der Waals surface area contributed by atoms with Gasteiger partial charge in [-0.25, -0.2) is 5.10 Å². The van der Waals surface area contributed by atoms with E-state index >= 15 is 0 Å². The molecule has 0 atom stereocenters. The van der Waals surface area contributed by atoms with Gasteiger partial charge in [-0.2, -0.15) is 10.1 Å². The lowest BCUT2D eigenvalue weighted by Gasteiger charge is -2.28. The smallest absolute Gasteiger partial charge is 0.264 e. The van der Waals surface area contributed by atoms with Crippen LogP contribution < -0.4 is 16.2 Å². The number of anilines is 1. The zero-order valence-corrected chi connectivity index (χ0v) is 10.3. The zero-order valence-electron chi connectivity index (χ0n) is 10.3. The Bertz CT molecular complexity index is 591. The van der Waals surface area contributed by atoms with E-state index in [1.54, 1.807) is 6.07 Å². The molecule has 19 heavy (non-hydrogen) atoms. The first kappa shape index (κ1) is 11.8. The van der Waals surface area contributed by atoms with Crippen molar-refractivity contribution in [2.24, 2.45) is 5.73 Å². The first-order valence-electron chi connectivity index (χ1n) is 6.21. The van der Waals surface area contributed by atoms with E-state index in [-0.39, 0.29) is 11.6 Å². The molecule has 3 rings (SSSR count). The second kappa shape index (κ2) is 4.81. The van der Waals surface area contributed by atoms with Crippen molar-refractivity contribution in [2.75, 3.05) is 18.0 Å². The summed E-state index contributed by atoms with van der Waals surface area (Å²) >= 11 is 0. The minimum Gasteiger partial charge on any atom is -0.339 e. The van der Waals surface area contributed by atoms with Gasteiger partial charge in [0, 0.05) is 25.2 Å². The number of nitrogens with one attached hydrogen (secondary N) is 2. The number of nitrogens with zero attached hydrogens (tertiary/aromatic N) is 4. The number of rotatable bonds is 2. The lowest BCUT2D eigenvalue weighted by Crippen LogP contribution is -2.40. The van der Waals surface area contributed by atoms with E-state index in [4.69, 9.17) is 5.73 Å². The van der Waals surface area contributed by atoms with Crippen LogP contribution >= 0.6 is 0 Å². The van der Waals surface area contributed by atoms with Gasteiger partial charge in [0.1, 0.15) is 5.69 Å². The Balaban J connectivity index is 1.79.